The van der Waals surface area contributed by atoms with Crippen molar-refractivity contribution in [2.75, 3.05) is 132 Å². The number of nitrogens with zero attached hydrogens (tertiary/aromatic N) is 10. The van der Waals surface area contributed by atoms with E-state index in [1.807, 2.05) is 71.9 Å². The third kappa shape index (κ3) is 29.3. The molecule has 31 nitrogen and oxygen atoms in total. The van der Waals surface area contributed by atoms with Crippen molar-refractivity contribution in [2.24, 2.45) is 5.16 Å². The summed E-state index contributed by atoms with van der Waals surface area (Å²) in [6, 6.07) is 32.2. The van der Waals surface area contributed by atoms with E-state index in [2.05, 4.69) is 37.1 Å². The maximum atomic E-state index is 12.5. The van der Waals surface area contributed by atoms with Crippen LogP contribution in [-0.4, -0.2) is 254 Å². The average molecular weight is 1740 g/mol. The smallest absolute Gasteiger partial charge is 0.317 e. The first-order valence-electron chi connectivity index (χ1n) is 34.9. The number of carbonyl (C=O) groups excluding carboxylic acids is 7. The van der Waals surface area contributed by atoms with Crippen LogP contribution < -0.4 is 46.1 Å². The van der Waals surface area contributed by atoms with Crippen LogP contribution in [0.1, 0.15) is 83.6 Å². The minimum atomic E-state index is -0.259. The SMILES string of the molecule is Cc1cc(C)c(OCCN2CCNC2=O)c(C)c1C=[N+](C)[O-].Cc1cc(C)c(OCCN2CCNC2=O)c(C)c1C=[N+]([O-])c1ccccc1.O=C(CCCN1CCNC1=O)c1ccc(/C=N/O)cc1.[CH-]=[N+]([O-])c1ccc(C(=O)NCCN2CCNC2=O)cc1.[CH-]=[N+]([O-])c1ccc(OCCN2CCNC2=O)cc1.[Y].[Y].[Y]. The molecule has 6 aromatic rings. The molecule has 0 aliphatic carbocycles. The van der Waals surface area contributed by atoms with E-state index in [0.29, 0.717) is 170 Å². The number of aryl methyl sites for hydroxylation is 4. The number of oxime groups is 1. The average Bonchev–Trinajstić information content (AvgIpc) is 1.01. The largest absolute Gasteiger partial charge is 0.651 e. The maximum absolute atomic E-state index is 12.5. The van der Waals surface area contributed by atoms with Crippen LogP contribution in [0.2, 0.25) is 0 Å². The maximum Gasteiger partial charge on any atom is 0.317 e. The first kappa shape index (κ1) is 93.3. The van der Waals surface area contributed by atoms with Gasteiger partial charge >= 0.3 is 30.2 Å². The Kier molecular flexibility index (Phi) is 40.5. The Morgan fingerprint density at radius 2 is 0.900 bits per heavy atom. The number of hydrogen-bond acceptors (Lipinski definition) is 16. The molecular formula is C76H94N16O15Y3-2. The van der Waals surface area contributed by atoms with Gasteiger partial charge in [-0.25, -0.2) is 28.7 Å². The Labute approximate surface area is 716 Å². The van der Waals surface area contributed by atoms with E-state index in [0.717, 1.165) is 71.0 Å². The fraction of sp³-hybridized carbons (Fsp3) is 0.368. The summed E-state index contributed by atoms with van der Waals surface area (Å²) in [5.74, 6) is 1.99. The molecule has 5 aliphatic rings. The van der Waals surface area contributed by atoms with Crippen molar-refractivity contribution >= 4 is 91.0 Å². The Morgan fingerprint density at radius 3 is 1.30 bits per heavy atom. The fourth-order valence-corrected chi connectivity index (χ4v) is 11.8. The number of benzene rings is 6. The van der Waals surface area contributed by atoms with Crippen molar-refractivity contribution < 1.29 is 170 Å². The van der Waals surface area contributed by atoms with Gasteiger partial charge in [-0.15, -0.1) is 0 Å². The molecule has 0 unspecified atom stereocenters. The van der Waals surface area contributed by atoms with Crippen molar-refractivity contribution in [3.05, 3.63) is 197 Å². The zero-order chi connectivity index (χ0) is 77.5. The third-order valence-corrected chi connectivity index (χ3v) is 17.5. The molecule has 3 radical (unpaired) electrons. The quantitative estimate of drug-likeness (QED) is 0.00506. The normalized spacial score (nSPS) is 14.2. The zero-order valence-corrected chi connectivity index (χ0v) is 71.6. The van der Waals surface area contributed by atoms with Crippen LogP contribution in [0.4, 0.5) is 41.0 Å². The number of rotatable bonds is 27. The van der Waals surface area contributed by atoms with Gasteiger partial charge in [0.25, 0.3) is 5.91 Å². The summed E-state index contributed by atoms with van der Waals surface area (Å²) < 4.78 is 19.6. The number of nitrogens with one attached hydrogen (secondary N) is 6. The van der Waals surface area contributed by atoms with E-state index in [9.17, 15) is 54.4 Å². The number of carbonyl (C=O) groups is 7. The van der Waals surface area contributed by atoms with Gasteiger partial charge in [-0.1, -0.05) is 96.2 Å². The zero-order valence-electron chi connectivity index (χ0n) is 63.1. The molecule has 5 aliphatic heterocycles. The predicted octanol–water partition coefficient (Wildman–Crippen LogP) is 7.30. The van der Waals surface area contributed by atoms with Gasteiger partial charge in [0.05, 0.1) is 37.2 Å². The van der Waals surface area contributed by atoms with Crippen LogP contribution in [0.3, 0.4) is 0 Å². The second-order valence-electron chi connectivity index (χ2n) is 25.2. The Bertz CT molecular complexity index is 4190. The number of ketones is 1. The van der Waals surface area contributed by atoms with E-state index in [1.54, 1.807) is 97.6 Å². The number of amides is 11. The minimum absolute atomic E-state index is 0. The van der Waals surface area contributed by atoms with Gasteiger partial charge in [0, 0.05) is 249 Å². The van der Waals surface area contributed by atoms with Crippen molar-refractivity contribution in [1.82, 2.24) is 56.4 Å². The summed E-state index contributed by atoms with van der Waals surface area (Å²) in [7, 11) is 1.46. The molecule has 11 rings (SSSR count). The first-order valence-corrected chi connectivity index (χ1v) is 34.9. The molecule has 5 saturated heterocycles. The summed E-state index contributed by atoms with van der Waals surface area (Å²) in [5.41, 5.74) is 10.8. The van der Waals surface area contributed by atoms with Gasteiger partial charge in [0.2, 0.25) is 5.69 Å². The Morgan fingerprint density at radius 1 is 0.509 bits per heavy atom. The van der Waals surface area contributed by atoms with E-state index in [-0.39, 0.29) is 150 Å². The Hall–Kier alpha value is -9.13. The van der Waals surface area contributed by atoms with Crippen LogP contribution in [-0.2, 0) is 98.1 Å². The van der Waals surface area contributed by atoms with Crippen LogP contribution in [0.25, 0.3) is 0 Å². The second kappa shape index (κ2) is 47.8. The molecule has 0 atom stereocenters. The van der Waals surface area contributed by atoms with E-state index >= 15 is 0 Å². The molecule has 579 valence electrons. The number of hydrogen-bond donors (Lipinski definition) is 7. The fourth-order valence-electron chi connectivity index (χ4n) is 11.8. The second-order valence-corrected chi connectivity index (χ2v) is 25.2. The predicted molar refractivity (Wildman–Crippen MR) is 406 cm³/mol. The van der Waals surface area contributed by atoms with Gasteiger partial charge in [-0.2, -0.15) is 4.74 Å². The van der Waals surface area contributed by atoms with Crippen molar-refractivity contribution in [3.63, 3.8) is 0 Å². The molecule has 110 heavy (non-hydrogen) atoms. The van der Waals surface area contributed by atoms with Crippen molar-refractivity contribution in [2.45, 2.75) is 54.4 Å². The van der Waals surface area contributed by atoms with Crippen LogP contribution in [0.5, 0.6) is 17.2 Å². The van der Waals surface area contributed by atoms with Gasteiger partial charge < -0.3 is 106 Å². The molecule has 7 N–H and O–H groups in total. The van der Waals surface area contributed by atoms with Gasteiger partial charge in [0.1, 0.15) is 44.1 Å². The van der Waals surface area contributed by atoms with Gasteiger partial charge in [-0.05, 0) is 87.9 Å². The number of Topliss-reactive ketones (excluding diaryl/α,β-unsaturated/α-hetero) is 1. The topological polar surface area (TPSA) is 372 Å². The van der Waals surface area contributed by atoms with E-state index in [1.165, 1.54) is 37.5 Å². The van der Waals surface area contributed by atoms with E-state index < -0.39 is 0 Å². The molecule has 0 aromatic heterocycles. The molecular weight excluding hydrogens is 1640 g/mol. The summed E-state index contributed by atoms with van der Waals surface area (Å²) in [5, 5.41) is 73.1. The van der Waals surface area contributed by atoms with Crippen LogP contribution >= 0.6 is 0 Å². The first-order chi connectivity index (χ1) is 51.3. The molecule has 5 fully saturated rings. The van der Waals surface area contributed by atoms with Gasteiger partial charge in [0.15, 0.2) is 18.2 Å². The summed E-state index contributed by atoms with van der Waals surface area (Å²) in [6.45, 7) is 33.1. The van der Waals surface area contributed by atoms with Crippen LogP contribution in [0, 0.1) is 62.4 Å². The number of hydroxylamine groups is 1. The molecule has 11 amide bonds. The Balaban J connectivity index is 0.000000290. The summed E-state index contributed by atoms with van der Waals surface area (Å²) in [6.07, 6.45) is 5.54. The molecule has 6 aromatic carbocycles. The standard InChI is InChI=1S/C21H25N3O3.C16H23N3O3.C14H17N3O3.C13H15N4O3.C12H14N3O3.3Y/c1-15-13-16(2)20(27-12-11-23-10-9-22-21(23)25)17(3)19(15)14-24(26)18-7-5-4-6-8-18;1-11-9-12(2)15(13(3)14(11)10-18(4)21)22-8-7-19-6-5-17-16(19)20;18-13(2-1-8-17-9-7-15-14(17)19)12-5-3-11(4-6-12)10-16-20;1-16(20)11-4-2-10(3-5-11)12(18)14-6-8-17-9-7-15-13(17)19;1-14(17)10-2-4-11(5-3-10)18-9-8-15-7-6-13-12(15)16;;;/h4-8,13-14H,9-12H2,1-3H3,(H,22,25);9-10H,5-8H2,1-4H3,(H,17,20);3-6,10,20H,1-2,7-9H2,(H,15,19);1-5H,6-9H2,(H,14,18)(H,15,19);1-5H,6-9H2,(H,13,16);;;/q;;;2*-1;;;/b;;16-10+;;;;;. The molecule has 0 spiro atoms. The molecule has 5 heterocycles. The summed E-state index contributed by atoms with van der Waals surface area (Å²) in [4.78, 5) is 89.2. The minimum Gasteiger partial charge on any atom is -0.651 e. The van der Waals surface area contributed by atoms with Gasteiger partial charge in [-0.3, -0.25) is 9.59 Å². The monoisotopic (exact) mass is 1740 g/mol. The molecule has 34 heteroatoms. The molecule has 0 bridgehead atoms. The van der Waals surface area contributed by atoms with Crippen molar-refractivity contribution in [1.29, 1.82) is 0 Å². The summed E-state index contributed by atoms with van der Waals surface area (Å²) >= 11 is 0. The third-order valence-electron chi connectivity index (χ3n) is 17.5. The number of ether oxygens (including phenoxy) is 3. The van der Waals surface area contributed by atoms with E-state index in [4.69, 9.17) is 32.9 Å². The number of para-hydroxylation sites is 1. The van der Waals surface area contributed by atoms with Crippen molar-refractivity contribution in [3.8, 4) is 17.2 Å². The number of urea groups is 5. The molecule has 0 saturated carbocycles. The van der Waals surface area contributed by atoms with Crippen LogP contribution in [0.15, 0.2) is 120 Å².